The zero-order chi connectivity index (χ0) is 18.9. The maximum atomic E-state index is 12.6. The Bertz CT molecular complexity index is 874. The molecule has 1 aromatic carbocycles. The van der Waals surface area contributed by atoms with Crippen LogP contribution in [0.4, 0.5) is 4.79 Å². The van der Waals surface area contributed by atoms with Gasteiger partial charge in [-0.2, -0.15) is 9.81 Å². The Morgan fingerprint density at radius 2 is 1.89 bits per heavy atom. The third-order valence-corrected chi connectivity index (χ3v) is 4.88. The van der Waals surface area contributed by atoms with E-state index >= 15 is 0 Å². The van der Waals surface area contributed by atoms with Crippen LogP contribution in [0.1, 0.15) is 32.1 Å². The summed E-state index contributed by atoms with van der Waals surface area (Å²) in [5.74, 6) is -0.597. The molecule has 2 aromatic rings. The molecule has 27 heavy (non-hydrogen) atoms. The summed E-state index contributed by atoms with van der Waals surface area (Å²) in [6.45, 7) is -0.260. The Hall–Kier alpha value is -3.30. The van der Waals surface area contributed by atoms with E-state index in [-0.39, 0.29) is 6.54 Å². The molecule has 10 nitrogen and oxygen atoms in total. The molecule has 1 spiro atoms. The van der Waals surface area contributed by atoms with Gasteiger partial charge >= 0.3 is 6.03 Å². The summed E-state index contributed by atoms with van der Waals surface area (Å²) in [5.41, 5.74) is 2.25. The predicted octanol–water partition coefficient (Wildman–Crippen LogP) is 0.626. The lowest BCUT2D eigenvalue weighted by Gasteiger charge is -2.30. The van der Waals surface area contributed by atoms with Crippen molar-refractivity contribution >= 4 is 17.8 Å². The van der Waals surface area contributed by atoms with Crippen molar-refractivity contribution in [3.05, 3.63) is 30.3 Å². The number of rotatable bonds is 4. The second-order valence-corrected chi connectivity index (χ2v) is 6.76. The van der Waals surface area contributed by atoms with Gasteiger partial charge in [0, 0.05) is 5.56 Å². The summed E-state index contributed by atoms with van der Waals surface area (Å²) in [5, 5.41) is 15.4. The number of benzene rings is 1. The van der Waals surface area contributed by atoms with E-state index in [2.05, 4.69) is 26.2 Å². The highest BCUT2D eigenvalue weighted by molar-refractivity contribution is 6.07. The summed E-state index contributed by atoms with van der Waals surface area (Å²) in [7, 11) is 0. The largest absolute Gasteiger partial charge is 0.344 e. The lowest BCUT2D eigenvalue weighted by molar-refractivity contribution is -0.140. The highest BCUT2D eigenvalue weighted by Gasteiger charge is 2.52. The Labute approximate surface area is 154 Å². The number of carbonyl (C=O) groups is 3. The molecule has 0 radical (unpaired) electrons. The smallest absolute Gasteiger partial charge is 0.322 e. The van der Waals surface area contributed by atoms with E-state index in [4.69, 9.17) is 0 Å². The number of tetrazole rings is 1. The van der Waals surface area contributed by atoms with Crippen molar-refractivity contribution in [2.24, 2.45) is 0 Å². The molecule has 2 aliphatic rings. The van der Waals surface area contributed by atoms with Gasteiger partial charge in [0.1, 0.15) is 12.1 Å². The van der Waals surface area contributed by atoms with Gasteiger partial charge in [-0.1, -0.05) is 49.6 Å². The molecule has 4 amide bonds. The Morgan fingerprint density at radius 1 is 1.15 bits per heavy atom. The number of carbonyl (C=O) groups excluding carboxylic acids is 3. The van der Waals surface area contributed by atoms with Crippen molar-refractivity contribution in [2.75, 3.05) is 0 Å². The first-order valence-corrected chi connectivity index (χ1v) is 8.87. The molecule has 10 heteroatoms. The number of hydrazine groups is 1. The number of amides is 4. The number of hydrogen-bond acceptors (Lipinski definition) is 6. The molecule has 1 saturated carbocycles. The molecule has 1 aromatic heterocycles. The van der Waals surface area contributed by atoms with Crippen molar-refractivity contribution in [3.8, 4) is 11.4 Å². The highest BCUT2D eigenvalue weighted by atomic mass is 16.2. The predicted molar refractivity (Wildman–Crippen MR) is 92.6 cm³/mol. The van der Waals surface area contributed by atoms with Crippen LogP contribution in [0.5, 0.6) is 0 Å². The van der Waals surface area contributed by atoms with Crippen molar-refractivity contribution < 1.29 is 14.4 Å². The Kier molecular flexibility index (Phi) is 4.30. The summed E-state index contributed by atoms with van der Waals surface area (Å²) < 4.78 is 0. The normalized spacial score (nSPS) is 18.6. The quantitative estimate of drug-likeness (QED) is 0.762. The zero-order valence-corrected chi connectivity index (χ0v) is 14.6. The maximum absolute atomic E-state index is 12.6. The second-order valence-electron chi connectivity index (χ2n) is 6.76. The van der Waals surface area contributed by atoms with Gasteiger partial charge in [-0.25, -0.2) is 4.79 Å². The standard InChI is InChI=1S/C17H19N7O3/c25-13(11-23-21-14(19-22-23)12-7-3-1-4-8-12)20-24-15(26)17(18-16(24)27)9-5-2-6-10-17/h1,3-4,7-8H,2,5-6,9-11H2,(H,18,27)(H,20,25). The van der Waals surface area contributed by atoms with Crippen molar-refractivity contribution in [1.82, 2.24) is 36.0 Å². The van der Waals surface area contributed by atoms with Crippen LogP contribution in [0.3, 0.4) is 0 Å². The van der Waals surface area contributed by atoms with Crippen LogP contribution < -0.4 is 10.7 Å². The second kappa shape index (κ2) is 6.78. The molecule has 0 atom stereocenters. The lowest BCUT2D eigenvalue weighted by atomic mass is 9.82. The van der Waals surface area contributed by atoms with Crippen molar-refractivity contribution in [3.63, 3.8) is 0 Å². The van der Waals surface area contributed by atoms with Gasteiger partial charge in [-0.3, -0.25) is 15.0 Å². The Balaban J connectivity index is 1.40. The minimum absolute atomic E-state index is 0.260. The number of urea groups is 1. The molecule has 0 bridgehead atoms. The third-order valence-electron chi connectivity index (χ3n) is 4.88. The van der Waals surface area contributed by atoms with Crippen LogP contribution in [0.2, 0.25) is 0 Å². The van der Waals surface area contributed by atoms with E-state index < -0.39 is 23.4 Å². The van der Waals surface area contributed by atoms with Crippen LogP contribution in [-0.2, 0) is 16.1 Å². The molecule has 2 heterocycles. The topological polar surface area (TPSA) is 122 Å². The average molecular weight is 369 g/mol. The van der Waals surface area contributed by atoms with Crippen LogP contribution in [-0.4, -0.2) is 48.6 Å². The molecular formula is C17H19N7O3. The summed E-state index contributed by atoms with van der Waals surface area (Å²) in [6.07, 6.45) is 3.97. The minimum atomic E-state index is -0.880. The van der Waals surface area contributed by atoms with Crippen molar-refractivity contribution in [2.45, 2.75) is 44.2 Å². The first-order valence-electron chi connectivity index (χ1n) is 8.87. The van der Waals surface area contributed by atoms with E-state index in [1.807, 2.05) is 30.3 Å². The van der Waals surface area contributed by atoms with Gasteiger partial charge in [0.2, 0.25) is 5.82 Å². The minimum Gasteiger partial charge on any atom is -0.322 e. The van der Waals surface area contributed by atoms with E-state index in [1.54, 1.807) is 0 Å². The van der Waals surface area contributed by atoms with Gasteiger partial charge in [0.15, 0.2) is 0 Å². The Morgan fingerprint density at radius 3 is 2.63 bits per heavy atom. The monoisotopic (exact) mass is 369 g/mol. The van der Waals surface area contributed by atoms with Gasteiger partial charge < -0.3 is 5.32 Å². The van der Waals surface area contributed by atoms with Crippen LogP contribution in [0.15, 0.2) is 30.3 Å². The number of imide groups is 1. The summed E-state index contributed by atoms with van der Waals surface area (Å²) in [6, 6.07) is 8.63. The third kappa shape index (κ3) is 3.25. The van der Waals surface area contributed by atoms with Crippen molar-refractivity contribution in [1.29, 1.82) is 0 Å². The molecule has 0 unspecified atom stereocenters. The summed E-state index contributed by atoms with van der Waals surface area (Å²) in [4.78, 5) is 38.2. The molecule has 1 saturated heterocycles. The van der Waals surface area contributed by atoms with E-state index in [0.29, 0.717) is 18.7 Å². The van der Waals surface area contributed by atoms with E-state index in [0.717, 1.165) is 34.6 Å². The van der Waals surface area contributed by atoms with E-state index in [9.17, 15) is 14.4 Å². The first kappa shape index (κ1) is 17.1. The SMILES string of the molecule is O=C(Cn1nnc(-c2ccccc2)n1)NN1C(=O)NC2(CCCCC2)C1=O. The van der Waals surface area contributed by atoms with Gasteiger partial charge in [-0.15, -0.1) is 10.2 Å². The molecular weight excluding hydrogens is 350 g/mol. The van der Waals surface area contributed by atoms with Gasteiger partial charge in [-0.05, 0) is 18.1 Å². The molecule has 140 valence electrons. The molecule has 2 fully saturated rings. The number of hydrogen-bond donors (Lipinski definition) is 2. The first-order chi connectivity index (χ1) is 13.1. The summed E-state index contributed by atoms with van der Waals surface area (Å²) >= 11 is 0. The van der Waals surface area contributed by atoms with Crippen LogP contribution >= 0.6 is 0 Å². The van der Waals surface area contributed by atoms with Crippen LogP contribution in [0.25, 0.3) is 11.4 Å². The van der Waals surface area contributed by atoms with E-state index in [1.165, 1.54) is 0 Å². The average Bonchev–Trinajstić information content (AvgIpc) is 3.22. The molecule has 2 N–H and O–H groups in total. The van der Waals surface area contributed by atoms with Gasteiger partial charge in [0.05, 0.1) is 0 Å². The maximum Gasteiger partial charge on any atom is 0.344 e. The number of aromatic nitrogens is 4. The molecule has 4 rings (SSSR count). The fraction of sp³-hybridized carbons (Fsp3) is 0.412. The number of nitrogens with one attached hydrogen (secondary N) is 2. The fourth-order valence-electron chi connectivity index (χ4n) is 3.52. The fourth-order valence-corrected chi connectivity index (χ4v) is 3.52. The number of nitrogens with zero attached hydrogens (tertiary/aromatic N) is 5. The van der Waals surface area contributed by atoms with Crippen LogP contribution in [0, 0.1) is 0 Å². The van der Waals surface area contributed by atoms with Gasteiger partial charge in [0.25, 0.3) is 11.8 Å². The molecule has 1 aliphatic carbocycles. The highest BCUT2D eigenvalue weighted by Crippen LogP contribution is 2.32. The molecule has 1 aliphatic heterocycles. The lowest BCUT2D eigenvalue weighted by Crippen LogP contribution is -2.51. The zero-order valence-electron chi connectivity index (χ0n) is 14.6.